The van der Waals surface area contributed by atoms with Gasteiger partial charge in [0.25, 0.3) is 5.91 Å². The molecule has 0 aliphatic heterocycles. The maximum absolute atomic E-state index is 13.4. The van der Waals surface area contributed by atoms with Crippen molar-refractivity contribution in [1.29, 1.82) is 0 Å². The molecule has 34 heavy (non-hydrogen) atoms. The van der Waals surface area contributed by atoms with E-state index in [0.29, 0.717) is 45.3 Å². The Hall–Kier alpha value is -3.79. The molecular formula is C24H24N6O3S. The van der Waals surface area contributed by atoms with Gasteiger partial charge in [-0.25, -0.2) is 18.4 Å². The Balaban J connectivity index is 1.52. The van der Waals surface area contributed by atoms with Gasteiger partial charge in [0.05, 0.1) is 28.6 Å². The van der Waals surface area contributed by atoms with Gasteiger partial charge >= 0.3 is 0 Å². The van der Waals surface area contributed by atoms with Crippen LogP contribution in [0.25, 0.3) is 16.9 Å². The molecule has 0 spiro atoms. The molecule has 1 amide bonds. The highest BCUT2D eigenvalue weighted by Gasteiger charge is 2.29. The molecule has 1 saturated carbocycles. The first-order chi connectivity index (χ1) is 16.3. The maximum atomic E-state index is 13.4. The molecule has 1 aliphatic carbocycles. The number of amides is 1. The summed E-state index contributed by atoms with van der Waals surface area (Å²) in [5.74, 6) is 0.698. The monoisotopic (exact) mass is 476 g/mol. The van der Waals surface area contributed by atoms with Gasteiger partial charge in [0.15, 0.2) is 11.5 Å². The Morgan fingerprint density at radius 1 is 1.15 bits per heavy atom. The number of carbonyl (C=O) groups is 1. The number of hydrogen-bond donors (Lipinski definition) is 2. The fourth-order valence-electron chi connectivity index (χ4n) is 3.96. The molecular weight excluding hydrogens is 452 g/mol. The minimum absolute atomic E-state index is 0.160. The van der Waals surface area contributed by atoms with Crippen molar-refractivity contribution >= 4 is 32.7 Å². The van der Waals surface area contributed by atoms with Crippen LogP contribution in [0, 0.1) is 6.92 Å². The number of nitrogens with zero attached hydrogens (tertiary/aromatic N) is 4. The Morgan fingerprint density at radius 3 is 2.62 bits per heavy atom. The van der Waals surface area contributed by atoms with E-state index in [4.69, 9.17) is 4.98 Å². The van der Waals surface area contributed by atoms with E-state index >= 15 is 0 Å². The van der Waals surface area contributed by atoms with Gasteiger partial charge in [0, 0.05) is 24.4 Å². The van der Waals surface area contributed by atoms with Gasteiger partial charge in [0.1, 0.15) is 0 Å². The first kappa shape index (κ1) is 22.0. The fourth-order valence-corrected chi connectivity index (χ4v) is 4.56. The van der Waals surface area contributed by atoms with Crippen LogP contribution in [0.5, 0.6) is 0 Å². The van der Waals surface area contributed by atoms with Gasteiger partial charge in [-0.15, -0.1) is 0 Å². The summed E-state index contributed by atoms with van der Waals surface area (Å²) in [6, 6.07) is 14.4. The van der Waals surface area contributed by atoms with Crippen molar-refractivity contribution < 1.29 is 13.2 Å². The Bertz CT molecular complexity index is 1490. The van der Waals surface area contributed by atoms with Crippen LogP contribution in [0.4, 0.5) is 5.69 Å². The summed E-state index contributed by atoms with van der Waals surface area (Å²) in [5.41, 5.74) is 3.75. The van der Waals surface area contributed by atoms with Gasteiger partial charge in [-0.05, 0) is 49.6 Å². The molecule has 9 nitrogen and oxygen atoms in total. The zero-order valence-electron chi connectivity index (χ0n) is 18.8. The Kier molecular flexibility index (Phi) is 5.52. The van der Waals surface area contributed by atoms with Crippen molar-refractivity contribution in [2.24, 2.45) is 0 Å². The summed E-state index contributed by atoms with van der Waals surface area (Å²) in [6.45, 7) is 2.01. The molecule has 0 atom stereocenters. The molecule has 0 bridgehead atoms. The lowest BCUT2D eigenvalue weighted by molar-refractivity contribution is 0.0952. The molecule has 2 N–H and O–H groups in total. The lowest BCUT2D eigenvalue weighted by atomic mass is 10.1. The molecule has 1 fully saturated rings. The van der Waals surface area contributed by atoms with Crippen LogP contribution in [-0.4, -0.2) is 40.3 Å². The quantitative estimate of drug-likeness (QED) is 0.422. The number of aryl methyl sites for hydroxylation is 1. The third-order valence-corrected chi connectivity index (χ3v) is 6.28. The molecule has 1 aromatic carbocycles. The van der Waals surface area contributed by atoms with E-state index in [1.54, 1.807) is 35.1 Å². The number of hydrogen-bond acceptors (Lipinski definition) is 6. The lowest BCUT2D eigenvalue weighted by Crippen LogP contribution is -2.24. The van der Waals surface area contributed by atoms with E-state index in [1.165, 1.54) is 0 Å². The van der Waals surface area contributed by atoms with Gasteiger partial charge in [-0.1, -0.05) is 24.3 Å². The molecule has 3 aromatic heterocycles. The van der Waals surface area contributed by atoms with Crippen molar-refractivity contribution in [3.05, 3.63) is 77.2 Å². The van der Waals surface area contributed by atoms with E-state index in [2.05, 4.69) is 20.1 Å². The Morgan fingerprint density at radius 2 is 1.91 bits per heavy atom. The van der Waals surface area contributed by atoms with Crippen LogP contribution < -0.4 is 10.0 Å². The average Bonchev–Trinajstić information content (AvgIpc) is 3.61. The number of fused-ring (bicyclic) bond motifs is 1. The number of carbonyl (C=O) groups excluding carboxylic acids is 1. The summed E-state index contributed by atoms with van der Waals surface area (Å²) in [7, 11) is -3.44. The van der Waals surface area contributed by atoms with Crippen molar-refractivity contribution in [2.45, 2.75) is 32.2 Å². The number of sulfonamides is 1. The van der Waals surface area contributed by atoms with Crippen LogP contribution in [0.3, 0.4) is 0 Å². The van der Waals surface area contributed by atoms with E-state index < -0.39 is 10.0 Å². The van der Waals surface area contributed by atoms with Gasteiger partial charge in [-0.2, -0.15) is 9.78 Å². The molecule has 5 rings (SSSR count). The molecule has 0 radical (unpaired) electrons. The third kappa shape index (κ3) is 4.49. The standard InChI is InChI=1S/C24H24N6O3S/c1-15-22-18(24(31)26-14-17-7-3-4-8-19(17)29-34(2,32)33)13-20(16-10-11-16)27-23(22)30(28-15)21-9-5-6-12-25-21/h3-9,12-13,16,29H,10-11,14H2,1-2H3,(H,26,31). The van der Waals surface area contributed by atoms with Gasteiger partial charge < -0.3 is 5.32 Å². The number of para-hydroxylation sites is 1. The normalized spacial score (nSPS) is 13.7. The highest BCUT2D eigenvalue weighted by Crippen LogP contribution is 2.40. The number of pyridine rings is 2. The molecule has 10 heteroatoms. The summed E-state index contributed by atoms with van der Waals surface area (Å²) in [6.07, 6.45) is 4.87. The Labute approximate surface area is 197 Å². The number of rotatable bonds is 7. The number of aromatic nitrogens is 4. The highest BCUT2D eigenvalue weighted by atomic mass is 32.2. The molecule has 3 heterocycles. The summed E-state index contributed by atoms with van der Waals surface area (Å²) < 4.78 is 27.6. The maximum Gasteiger partial charge on any atom is 0.252 e. The minimum atomic E-state index is -3.44. The summed E-state index contributed by atoms with van der Waals surface area (Å²) in [4.78, 5) is 22.6. The van der Waals surface area contributed by atoms with E-state index in [-0.39, 0.29) is 12.5 Å². The smallest absolute Gasteiger partial charge is 0.252 e. The van der Waals surface area contributed by atoms with Crippen molar-refractivity contribution in [2.75, 3.05) is 11.0 Å². The molecule has 0 unspecified atom stereocenters. The van der Waals surface area contributed by atoms with Gasteiger partial charge in [0.2, 0.25) is 10.0 Å². The molecule has 4 aromatic rings. The van der Waals surface area contributed by atoms with E-state index in [9.17, 15) is 13.2 Å². The number of benzene rings is 1. The van der Waals surface area contributed by atoms with Crippen LogP contribution in [0.1, 0.15) is 46.1 Å². The number of anilines is 1. The second-order valence-electron chi connectivity index (χ2n) is 8.47. The topological polar surface area (TPSA) is 119 Å². The molecule has 0 saturated heterocycles. The first-order valence-corrected chi connectivity index (χ1v) is 12.8. The van der Waals surface area contributed by atoms with E-state index in [1.807, 2.05) is 31.2 Å². The van der Waals surface area contributed by atoms with Crippen molar-refractivity contribution in [1.82, 2.24) is 25.1 Å². The zero-order valence-corrected chi connectivity index (χ0v) is 19.6. The molecule has 174 valence electrons. The predicted octanol–water partition coefficient (Wildman–Crippen LogP) is 3.30. The zero-order chi connectivity index (χ0) is 23.9. The van der Waals surface area contributed by atoms with Crippen LogP contribution in [-0.2, 0) is 16.6 Å². The van der Waals surface area contributed by atoms with Crippen LogP contribution >= 0.6 is 0 Å². The minimum Gasteiger partial charge on any atom is -0.348 e. The SMILES string of the molecule is Cc1nn(-c2ccccn2)c2nc(C3CC3)cc(C(=O)NCc3ccccc3NS(C)(=O)=O)c12. The molecule has 1 aliphatic rings. The summed E-state index contributed by atoms with van der Waals surface area (Å²) >= 11 is 0. The largest absolute Gasteiger partial charge is 0.348 e. The van der Waals surface area contributed by atoms with Crippen molar-refractivity contribution in [3.63, 3.8) is 0 Å². The second-order valence-corrected chi connectivity index (χ2v) is 10.2. The van der Waals surface area contributed by atoms with Gasteiger partial charge in [-0.3, -0.25) is 9.52 Å². The average molecular weight is 477 g/mol. The fraction of sp³-hybridized carbons (Fsp3) is 0.250. The highest BCUT2D eigenvalue weighted by molar-refractivity contribution is 7.92. The first-order valence-electron chi connectivity index (χ1n) is 11.0. The van der Waals surface area contributed by atoms with Crippen LogP contribution in [0.2, 0.25) is 0 Å². The second kappa shape index (κ2) is 8.53. The lowest BCUT2D eigenvalue weighted by Gasteiger charge is -2.13. The third-order valence-electron chi connectivity index (χ3n) is 5.69. The summed E-state index contributed by atoms with van der Waals surface area (Å²) in [5, 5.41) is 8.25. The van der Waals surface area contributed by atoms with Crippen LogP contribution in [0.15, 0.2) is 54.7 Å². The number of nitrogens with one attached hydrogen (secondary N) is 2. The predicted molar refractivity (Wildman–Crippen MR) is 129 cm³/mol. The van der Waals surface area contributed by atoms with Crippen molar-refractivity contribution in [3.8, 4) is 5.82 Å². The van der Waals surface area contributed by atoms with E-state index in [0.717, 1.165) is 24.8 Å².